The van der Waals surface area contributed by atoms with E-state index >= 15 is 0 Å². The minimum Gasteiger partial charge on any atom is -0.411 e. The van der Waals surface area contributed by atoms with E-state index in [9.17, 15) is 4.39 Å². The van der Waals surface area contributed by atoms with E-state index in [1.54, 1.807) is 18.5 Å². The van der Waals surface area contributed by atoms with Gasteiger partial charge in [0.15, 0.2) is 5.82 Å². The van der Waals surface area contributed by atoms with Crippen LogP contribution < -0.4 is 0 Å². The number of aryl methyl sites for hydroxylation is 2. The zero-order valence-electron chi connectivity index (χ0n) is 9.62. The standard InChI is InChI=1S/C13H12FN3O/c14-12-6-5-11(17-13(12)9-16-18)4-3-10-2-1-7-15-8-10/h1-2,5-9,18H,3-4H2. The summed E-state index contributed by atoms with van der Waals surface area (Å²) in [6, 6.07) is 6.80. The third kappa shape index (κ3) is 3.10. The Labute approximate surface area is 104 Å². The molecule has 0 aliphatic heterocycles. The quantitative estimate of drug-likeness (QED) is 0.510. The molecule has 0 radical (unpaired) electrons. The van der Waals surface area contributed by atoms with Crippen molar-refractivity contribution in [3.8, 4) is 0 Å². The number of hydrogen-bond acceptors (Lipinski definition) is 4. The Morgan fingerprint density at radius 3 is 2.89 bits per heavy atom. The molecule has 0 bridgehead atoms. The van der Waals surface area contributed by atoms with Crippen molar-refractivity contribution in [2.24, 2.45) is 5.16 Å². The van der Waals surface area contributed by atoms with Gasteiger partial charge in [0.2, 0.25) is 0 Å². The molecule has 0 fully saturated rings. The molecule has 2 heterocycles. The number of oxime groups is 1. The van der Waals surface area contributed by atoms with Crippen molar-refractivity contribution in [2.75, 3.05) is 0 Å². The van der Waals surface area contributed by atoms with Gasteiger partial charge in [-0.2, -0.15) is 0 Å². The van der Waals surface area contributed by atoms with Gasteiger partial charge in [0.25, 0.3) is 0 Å². The van der Waals surface area contributed by atoms with E-state index in [0.29, 0.717) is 6.42 Å². The summed E-state index contributed by atoms with van der Waals surface area (Å²) in [5, 5.41) is 11.2. The van der Waals surface area contributed by atoms with Crippen LogP contribution in [0.1, 0.15) is 17.0 Å². The number of rotatable bonds is 4. The number of aromatic nitrogens is 2. The first-order valence-corrected chi connectivity index (χ1v) is 5.51. The molecule has 0 aromatic carbocycles. The summed E-state index contributed by atoms with van der Waals surface area (Å²) in [7, 11) is 0. The topological polar surface area (TPSA) is 58.4 Å². The molecule has 0 aliphatic rings. The first-order valence-electron chi connectivity index (χ1n) is 5.51. The first kappa shape index (κ1) is 12.2. The fourth-order valence-corrected chi connectivity index (χ4v) is 1.60. The molecule has 4 nitrogen and oxygen atoms in total. The summed E-state index contributed by atoms with van der Waals surface area (Å²) in [5.74, 6) is -0.502. The Morgan fingerprint density at radius 2 is 2.17 bits per heavy atom. The largest absolute Gasteiger partial charge is 0.411 e. The van der Waals surface area contributed by atoms with E-state index in [4.69, 9.17) is 5.21 Å². The van der Waals surface area contributed by atoms with Crippen molar-refractivity contribution in [3.63, 3.8) is 0 Å². The van der Waals surface area contributed by atoms with Crippen LogP contribution in [0.2, 0.25) is 0 Å². The van der Waals surface area contributed by atoms with E-state index in [1.807, 2.05) is 12.1 Å². The molecule has 5 heteroatoms. The molecule has 0 saturated carbocycles. The molecule has 0 atom stereocenters. The van der Waals surface area contributed by atoms with Crippen molar-refractivity contribution in [3.05, 3.63) is 59.4 Å². The molecule has 0 spiro atoms. The van der Waals surface area contributed by atoms with Crippen molar-refractivity contribution >= 4 is 6.21 Å². The van der Waals surface area contributed by atoms with Crippen LogP contribution in [0.4, 0.5) is 4.39 Å². The van der Waals surface area contributed by atoms with Crippen LogP contribution in [0.5, 0.6) is 0 Å². The normalized spacial score (nSPS) is 10.9. The summed E-state index contributed by atoms with van der Waals surface area (Å²) in [6.07, 6.45) is 5.96. The number of halogens is 1. The monoisotopic (exact) mass is 245 g/mol. The zero-order valence-corrected chi connectivity index (χ0v) is 9.62. The van der Waals surface area contributed by atoms with E-state index in [0.717, 1.165) is 23.9 Å². The maximum absolute atomic E-state index is 13.2. The highest BCUT2D eigenvalue weighted by Crippen LogP contribution is 2.07. The molecule has 0 saturated heterocycles. The van der Waals surface area contributed by atoms with Crippen molar-refractivity contribution in [1.82, 2.24) is 9.97 Å². The first-order chi connectivity index (χ1) is 8.79. The fourth-order valence-electron chi connectivity index (χ4n) is 1.60. The van der Waals surface area contributed by atoms with Crippen LogP contribution >= 0.6 is 0 Å². The average Bonchev–Trinajstić information content (AvgIpc) is 2.41. The molecular formula is C13H12FN3O. The van der Waals surface area contributed by atoms with Crippen LogP contribution in [0, 0.1) is 5.82 Å². The fraction of sp³-hybridized carbons (Fsp3) is 0.154. The summed E-state index contributed by atoms with van der Waals surface area (Å²) in [6.45, 7) is 0. The lowest BCUT2D eigenvalue weighted by atomic mass is 10.1. The maximum atomic E-state index is 13.2. The second kappa shape index (κ2) is 5.86. The van der Waals surface area contributed by atoms with Gasteiger partial charge in [-0.3, -0.25) is 4.98 Å². The third-order valence-corrected chi connectivity index (χ3v) is 2.50. The van der Waals surface area contributed by atoms with Gasteiger partial charge in [-0.05, 0) is 36.6 Å². The number of pyridine rings is 2. The Bertz CT molecular complexity index is 543. The Balaban J connectivity index is 2.08. The minimum atomic E-state index is -0.502. The van der Waals surface area contributed by atoms with Gasteiger partial charge in [-0.25, -0.2) is 9.37 Å². The molecule has 0 amide bonds. The van der Waals surface area contributed by atoms with Crippen LogP contribution in [0.3, 0.4) is 0 Å². The molecular weight excluding hydrogens is 233 g/mol. The predicted octanol–water partition coefficient (Wildman–Crippen LogP) is 2.21. The second-order valence-corrected chi connectivity index (χ2v) is 3.78. The number of hydrogen-bond donors (Lipinski definition) is 1. The SMILES string of the molecule is ON=Cc1nc(CCc2cccnc2)ccc1F. The highest BCUT2D eigenvalue weighted by atomic mass is 19.1. The Kier molecular flexibility index (Phi) is 3.96. The second-order valence-electron chi connectivity index (χ2n) is 3.78. The molecule has 1 N–H and O–H groups in total. The summed E-state index contributed by atoms with van der Waals surface area (Å²) in [5.41, 5.74) is 1.89. The van der Waals surface area contributed by atoms with Gasteiger partial charge in [0.05, 0.1) is 6.21 Å². The van der Waals surface area contributed by atoms with Crippen molar-refractivity contribution < 1.29 is 9.60 Å². The summed E-state index contributed by atoms with van der Waals surface area (Å²) in [4.78, 5) is 8.10. The highest BCUT2D eigenvalue weighted by Gasteiger charge is 2.04. The Hall–Kier alpha value is -2.30. The lowest BCUT2D eigenvalue weighted by Gasteiger charge is -2.02. The zero-order chi connectivity index (χ0) is 12.8. The van der Waals surface area contributed by atoms with Gasteiger partial charge in [-0.15, -0.1) is 0 Å². The van der Waals surface area contributed by atoms with Crippen molar-refractivity contribution in [1.29, 1.82) is 0 Å². The predicted molar refractivity (Wildman–Crippen MR) is 65.2 cm³/mol. The van der Waals surface area contributed by atoms with Gasteiger partial charge in [-0.1, -0.05) is 11.2 Å². The van der Waals surface area contributed by atoms with Gasteiger partial charge < -0.3 is 5.21 Å². The van der Waals surface area contributed by atoms with Crippen LogP contribution in [-0.2, 0) is 12.8 Å². The van der Waals surface area contributed by atoms with E-state index in [2.05, 4.69) is 15.1 Å². The Morgan fingerprint density at radius 1 is 1.28 bits per heavy atom. The van der Waals surface area contributed by atoms with Crippen molar-refractivity contribution in [2.45, 2.75) is 12.8 Å². The lowest BCUT2D eigenvalue weighted by molar-refractivity contribution is 0.321. The molecule has 92 valence electrons. The molecule has 2 aromatic rings. The maximum Gasteiger partial charge on any atom is 0.150 e. The van der Waals surface area contributed by atoms with Crippen LogP contribution in [0.15, 0.2) is 41.8 Å². The number of nitrogens with zero attached hydrogens (tertiary/aromatic N) is 3. The van der Waals surface area contributed by atoms with E-state index in [1.165, 1.54) is 6.07 Å². The van der Waals surface area contributed by atoms with Gasteiger partial charge in [0.1, 0.15) is 5.69 Å². The third-order valence-electron chi connectivity index (χ3n) is 2.50. The molecule has 2 rings (SSSR count). The summed E-state index contributed by atoms with van der Waals surface area (Å²) >= 11 is 0. The van der Waals surface area contributed by atoms with Crippen LogP contribution in [-0.4, -0.2) is 21.4 Å². The van der Waals surface area contributed by atoms with Gasteiger partial charge >= 0.3 is 0 Å². The molecule has 0 unspecified atom stereocenters. The minimum absolute atomic E-state index is 0.0428. The van der Waals surface area contributed by atoms with E-state index < -0.39 is 5.82 Å². The molecule has 0 aliphatic carbocycles. The average molecular weight is 245 g/mol. The summed E-state index contributed by atoms with van der Waals surface area (Å²) < 4.78 is 13.2. The molecule has 18 heavy (non-hydrogen) atoms. The van der Waals surface area contributed by atoms with E-state index in [-0.39, 0.29) is 5.69 Å². The highest BCUT2D eigenvalue weighted by molar-refractivity contribution is 5.76. The molecule has 2 aromatic heterocycles. The lowest BCUT2D eigenvalue weighted by Crippen LogP contribution is -2.00. The van der Waals surface area contributed by atoms with Gasteiger partial charge in [0, 0.05) is 18.1 Å². The van der Waals surface area contributed by atoms with Crippen LogP contribution in [0.25, 0.3) is 0 Å². The smallest absolute Gasteiger partial charge is 0.150 e.